The molecular formula is C21H40O5Si. The number of esters is 1. The summed E-state index contributed by atoms with van der Waals surface area (Å²) in [4.78, 5) is 11.4. The molecule has 0 aliphatic carbocycles. The summed E-state index contributed by atoms with van der Waals surface area (Å²) in [5.41, 5.74) is 0. The number of rotatable bonds is 8. The maximum atomic E-state index is 11.4. The van der Waals surface area contributed by atoms with Crippen LogP contribution in [0.1, 0.15) is 67.7 Å². The second-order valence-corrected chi connectivity index (χ2v) is 14.2. The average Bonchev–Trinajstić information content (AvgIpc) is 2.43. The molecule has 3 atom stereocenters. The van der Waals surface area contributed by atoms with Gasteiger partial charge in [0, 0.05) is 18.6 Å². The maximum absolute atomic E-state index is 11.4. The molecule has 0 saturated carbocycles. The highest BCUT2D eigenvalue weighted by Gasteiger charge is 2.40. The number of ether oxygens (including phenoxy) is 3. The van der Waals surface area contributed by atoms with Gasteiger partial charge >= 0.3 is 5.97 Å². The molecule has 1 saturated heterocycles. The highest BCUT2D eigenvalue weighted by atomic mass is 28.4. The molecule has 0 unspecified atom stereocenters. The fourth-order valence-electron chi connectivity index (χ4n) is 3.11. The number of carbonyl (C=O) groups is 1. The molecule has 0 bridgehead atoms. The minimum Gasteiger partial charge on any atom is -0.463 e. The van der Waals surface area contributed by atoms with Crippen molar-refractivity contribution in [3.63, 3.8) is 0 Å². The Hall–Kier alpha value is -0.693. The van der Waals surface area contributed by atoms with E-state index in [1.165, 1.54) is 6.08 Å². The van der Waals surface area contributed by atoms with Crippen LogP contribution in [0.3, 0.4) is 0 Å². The van der Waals surface area contributed by atoms with Gasteiger partial charge in [-0.05, 0) is 58.7 Å². The smallest absolute Gasteiger partial charge is 0.330 e. The van der Waals surface area contributed by atoms with Crippen molar-refractivity contribution < 1.29 is 23.4 Å². The van der Waals surface area contributed by atoms with Crippen LogP contribution in [0.5, 0.6) is 0 Å². The Labute approximate surface area is 166 Å². The summed E-state index contributed by atoms with van der Waals surface area (Å²) >= 11 is 0. The van der Waals surface area contributed by atoms with Gasteiger partial charge < -0.3 is 18.6 Å². The van der Waals surface area contributed by atoms with Crippen LogP contribution in [0.4, 0.5) is 0 Å². The second-order valence-electron chi connectivity index (χ2n) is 9.43. The predicted molar refractivity (Wildman–Crippen MR) is 111 cm³/mol. The maximum Gasteiger partial charge on any atom is 0.330 e. The molecule has 1 rings (SSSR count). The van der Waals surface area contributed by atoms with Gasteiger partial charge in [0.05, 0.1) is 18.8 Å². The summed E-state index contributed by atoms with van der Waals surface area (Å²) < 4.78 is 23.6. The van der Waals surface area contributed by atoms with Crippen molar-refractivity contribution in [2.45, 2.75) is 110 Å². The Morgan fingerprint density at radius 2 is 1.85 bits per heavy atom. The van der Waals surface area contributed by atoms with Crippen LogP contribution in [0.15, 0.2) is 12.2 Å². The molecule has 1 aliphatic heterocycles. The standard InChI is InChI=1S/C21H40O5Si/c1-10-23-19(22)13-11-12-17-15-18(25-21(6,7)24-17)14-16(2)26-27(8,9)20(3,4)5/h11,13,16-18H,10,12,14-15H2,1-9H3/b13-11-/t16-,17+,18-/m0/s1. The van der Waals surface area contributed by atoms with Crippen LogP contribution in [0.2, 0.25) is 18.1 Å². The Morgan fingerprint density at radius 1 is 1.26 bits per heavy atom. The Kier molecular flexibility index (Phi) is 8.73. The summed E-state index contributed by atoms with van der Waals surface area (Å²) in [5, 5.41) is 0.192. The third-order valence-corrected chi connectivity index (χ3v) is 9.87. The zero-order chi connectivity index (χ0) is 20.9. The van der Waals surface area contributed by atoms with Crippen molar-refractivity contribution in [3.8, 4) is 0 Å². The molecule has 27 heavy (non-hydrogen) atoms. The van der Waals surface area contributed by atoms with Crippen LogP contribution in [-0.2, 0) is 23.4 Å². The number of hydrogen-bond acceptors (Lipinski definition) is 5. The predicted octanol–water partition coefficient (Wildman–Crippen LogP) is 5.21. The van der Waals surface area contributed by atoms with E-state index in [-0.39, 0.29) is 29.3 Å². The summed E-state index contributed by atoms with van der Waals surface area (Å²) in [6, 6.07) is 0. The fraction of sp³-hybridized carbons (Fsp3) is 0.857. The minimum atomic E-state index is -1.80. The van der Waals surface area contributed by atoms with E-state index in [2.05, 4.69) is 40.8 Å². The van der Waals surface area contributed by atoms with Gasteiger partial charge in [-0.25, -0.2) is 4.79 Å². The van der Waals surface area contributed by atoms with Crippen molar-refractivity contribution >= 4 is 14.3 Å². The van der Waals surface area contributed by atoms with E-state index in [1.54, 1.807) is 6.92 Å². The molecule has 0 aromatic rings. The van der Waals surface area contributed by atoms with Crippen LogP contribution in [0, 0.1) is 0 Å². The molecule has 0 N–H and O–H groups in total. The first-order chi connectivity index (χ1) is 12.3. The second kappa shape index (κ2) is 9.68. The fourth-order valence-corrected chi connectivity index (χ4v) is 4.57. The summed E-state index contributed by atoms with van der Waals surface area (Å²) in [7, 11) is -1.80. The average molecular weight is 401 g/mol. The number of hydrogen-bond donors (Lipinski definition) is 0. The third-order valence-electron chi connectivity index (χ3n) is 5.26. The van der Waals surface area contributed by atoms with Crippen molar-refractivity contribution in [3.05, 3.63) is 12.2 Å². The molecule has 158 valence electrons. The third kappa shape index (κ3) is 8.46. The van der Waals surface area contributed by atoms with Crippen molar-refractivity contribution in [2.24, 2.45) is 0 Å². The van der Waals surface area contributed by atoms with E-state index in [1.807, 2.05) is 19.9 Å². The molecule has 6 heteroatoms. The quantitative estimate of drug-likeness (QED) is 0.318. The minimum absolute atomic E-state index is 0.0181. The lowest BCUT2D eigenvalue weighted by Crippen LogP contribution is -2.47. The van der Waals surface area contributed by atoms with Gasteiger partial charge in [-0.1, -0.05) is 26.8 Å². The van der Waals surface area contributed by atoms with Gasteiger partial charge in [0.25, 0.3) is 0 Å². The first-order valence-electron chi connectivity index (χ1n) is 10.1. The monoisotopic (exact) mass is 400 g/mol. The normalized spacial score (nSPS) is 24.8. The largest absolute Gasteiger partial charge is 0.463 e. The molecule has 0 radical (unpaired) electrons. The molecule has 1 heterocycles. The topological polar surface area (TPSA) is 54.0 Å². The highest BCUT2D eigenvalue weighted by molar-refractivity contribution is 6.74. The summed E-state index contributed by atoms with van der Waals surface area (Å²) in [5.74, 6) is -0.945. The lowest BCUT2D eigenvalue weighted by molar-refractivity contribution is -0.301. The molecule has 5 nitrogen and oxygen atoms in total. The molecule has 0 aromatic carbocycles. The molecule has 1 fully saturated rings. The Morgan fingerprint density at radius 3 is 2.41 bits per heavy atom. The van der Waals surface area contributed by atoms with Crippen molar-refractivity contribution in [1.82, 2.24) is 0 Å². The van der Waals surface area contributed by atoms with E-state index in [4.69, 9.17) is 18.6 Å². The van der Waals surface area contributed by atoms with Crippen LogP contribution < -0.4 is 0 Å². The lowest BCUT2D eigenvalue weighted by Gasteiger charge is -2.43. The molecule has 0 spiro atoms. The van der Waals surface area contributed by atoms with Crippen molar-refractivity contribution in [1.29, 1.82) is 0 Å². The highest BCUT2D eigenvalue weighted by Crippen LogP contribution is 2.38. The van der Waals surface area contributed by atoms with Gasteiger partial charge in [0.15, 0.2) is 14.1 Å². The van der Waals surface area contributed by atoms with Gasteiger partial charge in [0.2, 0.25) is 0 Å². The summed E-state index contributed by atoms with van der Waals surface area (Å²) in [6.07, 6.45) is 5.85. The SMILES string of the molecule is CCOC(=O)/C=C\C[C@@H]1C[C@H](C[C@H](C)O[Si](C)(C)C(C)(C)C)OC(C)(C)O1. The van der Waals surface area contributed by atoms with E-state index >= 15 is 0 Å². The Bertz CT molecular complexity index is 507. The summed E-state index contributed by atoms with van der Waals surface area (Å²) in [6.45, 7) is 19.5. The molecule has 1 aliphatic rings. The van der Waals surface area contributed by atoms with Gasteiger partial charge in [-0.3, -0.25) is 0 Å². The van der Waals surface area contributed by atoms with Gasteiger partial charge in [-0.2, -0.15) is 0 Å². The van der Waals surface area contributed by atoms with Crippen LogP contribution in [0.25, 0.3) is 0 Å². The van der Waals surface area contributed by atoms with Crippen molar-refractivity contribution in [2.75, 3.05) is 6.61 Å². The Balaban J connectivity index is 2.63. The van der Waals surface area contributed by atoms with Crippen LogP contribution >= 0.6 is 0 Å². The van der Waals surface area contributed by atoms with E-state index < -0.39 is 14.1 Å². The van der Waals surface area contributed by atoms with E-state index in [0.717, 1.165) is 12.8 Å². The van der Waals surface area contributed by atoms with Crippen LogP contribution in [-0.4, -0.2) is 45.0 Å². The first-order valence-corrected chi connectivity index (χ1v) is 13.0. The van der Waals surface area contributed by atoms with E-state index in [0.29, 0.717) is 13.0 Å². The zero-order valence-corrected chi connectivity index (χ0v) is 19.8. The molecular weight excluding hydrogens is 360 g/mol. The first kappa shape index (κ1) is 24.3. The van der Waals surface area contributed by atoms with Gasteiger partial charge in [0.1, 0.15) is 0 Å². The number of carbonyl (C=O) groups excluding carboxylic acids is 1. The van der Waals surface area contributed by atoms with Gasteiger partial charge in [-0.15, -0.1) is 0 Å². The molecule has 0 amide bonds. The zero-order valence-electron chi connectivity index (χ0n) is 18.8. The van der Waals surface area contributed by atoms with E-state index in [9.17, 15) is 4.79 Å². The lowest BCUT2D eigenvalue weighted by atomic mass is 10.0. The molecule has 0 aromatic heterocycles.